The van der Waals surface area contributed by atoms with Crippen molar-refractivity contribution in [1.82, 2.24) is 9.78 Å². The summed E-state index contributed by atoms with van der Waals surface area (Å²) < 4.78 is 7.43. The van der Waals surface area contributed by atoms with Crippen molar-refractivity contribution >= 4 is 5.97 Å². The van der Waals surface area contributed by atoms with Crippen LogP contribution < -0.4 is 0 Å². The largest absolute Gasteiger partial charge is 0.481 e. The van der Waals surface area contributed by atoms with E-state index in [2.05, 4.69) is 5.10 Å². The molecular weight excluding hydrogens is 232 g/mol. The molecule has 1 aromatic heterocycles. The summed E-state index contributed by atoms with van der Waals surface area (Å²) in [5.74, 6) is -0.296. The zero-order valence-electron chi connectivity index (χ0n) is 10.5. The fourth-order valence-corrected chi connectivity index (χ4v) is 3.03. The number of hydrogen-bond donors (Lipinski definition) is 1. The lowest BCUT2D eigenvalue weighted by atomic mass is 9.75. The maximum Gasteiger partial charge on any atom is 0.312 e. The number of rotatable bonds is 4. The Kier molecular flexibility index (Phi) is 2.66. The summed E-state index contributed by atoms with van der Waals surface area (Å²) in [7, 11) is 1.85. The Balaban J connectivity index is 1.88. The molecule has 0 radical (unpaired) electrons. The van der Waals surface area contributed by atoms with Gasteiger partial charge < -0.3 is 9.84 Å². The van der Waals surface area contributed by atoms with E-state index in [1.165, 1.54) is 0 Å². The third-order valence-corrected chi connectivity index (χ3v) is 4.13. The molecule has 5 heteroatoms. The Morgan fingerprint density at radius 1 is 1.67 bits per heavy atom. The van der Waals surface area contributed by atoms with Gasteiger partial charge in [-0.1, -0.05) is 0 Å². The molecule has 0 bridgehead atoms. The van der Waals surface area contributed by atoms with Crippen molar-refractivity contribution in [3.8, 4) is 0 Å². The Morgan fingerprint density at radius 2 is 2.44 bits per heavy atom. The van der Waals surface area contributed by atoms with Crippen LogP contribution in [0.25, 0.3) is 0 Å². The van der Waals surface area contributed by atoms with Gasteiger partial charge in [-0.05, 0) is 31.2 Å². The zero-order valence-corrected chi connectivity index (χ0v) is 10.5. The van der Waals surface area contributed by atoms with E-state index in [1.54, 1.807) is 4.68 Å². The van der Waals surface area contributed by atoms with Crippen LogP contribution in [-0.4, -0.2) is 33.6 Å². The monoisotopic (exact) mass is 250 g/mol. The van der Waals surface area contributed by atoms with Crippen molar-refractivity contribution in [2.45, 2.75) is 31.8 Å². The van der Waals surface area contributed by atoms with Gasteiger partial charge in [0.05, 0.1) is 11.8 Å². The normalized spacial score (nSPS) is 31.7. The van der Waals surface area contributed by atoms with E-state index in [0.29, 0.717) is 25.4 Å². The van der Waals surface area contributed by atoms with Crippen molar-refractivity contribution < 1.29 is 14.6 Å². The number of ether oxygens (including phenoxy) is 1. The second-order valence-corrected chi connectivity index (χ2v) is 5.50. The summed E-state index contributed by atoms with van der Waals surface area (Å²) in [5, 5.41) is 14.0. The fourth-order valence-electron chi connectivity index (χ4n) is 3.03. The van der Waals surface area contributed by atoms with E-state index >= 15 is 0 Å². The van der Waals surface area contributed by atoms with Gasteiger partial charge >= 0.3 is 5.97 Å². The van der Waals surface area contributed by atoms with Gasteiger partial charge in [0.1, 0.15) is 5.41 Å². The minimum atomic E-state index is -0.768. The molecule has 2 fully saturated rings. The van der Waals surface area contributed by atoms with Crippen molar-refractivity contribution in [2.75, 3.05) is 6.61 Å². The molecule has 98 valence electrons. The van der Waals surface area contributed by atoms with E-state index in [4.69, 9.17) is 4.74 Å². The van der Waals surface area contributed by atoms with Gasteiger partial charge in [0.25, 0.3) is 0 Å². The number of carbonyl (C=O) groups is 1. The molecule has 0 aromatic carbocycles. The summed E-state index contributed by atoms with van der Waals surface area (Å²) >= 11 is 0. The molecule has 1 N–H and O–H groups in total. The second-order valence-electron chi connectivity index (χ2n) is 5.50. The first-order chi connectivity index (χ1) is 8.62. The number of aliphatic carboxylic acids is 1. The van der Waals surface area contributed by atoms with Crippen molar-refractivity contribution in [2.24, 2.45) is 18.4 Å². The molecule has 2 unspecified atom stereocenters. The summed E-state index contributed by atoms with van der Waals surface area (Å²) in [6, 6.07) is 1.90. The van der Waals surface area contributed by atoms with Crippen LogP contribution in [0.15, 0.2) is 12.3 Å². The van der Waals surface area contributed by atoms with Crippen LogP contribution in [0.1, 0.15) is 25.0 Å². The maximum atomic E-state index is 11.8. The van der Waals surface area contributed by atoms with Gasteiger partial charge in [-0.15, -0.1) is 0 Å². The molecule has 2 aliphatic rings. The standard InChI is InChI=1S/C13H18N2O3/c1-15-6-4-10(14-15)8-13(12(16)17)5-7-18-11(13)9-2-3-9/h4,6,9,11H,2-3,5,7-8H2,1H3,(H,16,17). The lowest BCUT2D eigenvalue weighted by Crippen LogP contribution is -2.42. The molecule has 1 aliphatic carbocycles. The molecule has 0 spiro atoms. The molecule has 18 heavy (non-hydrogen) atoms. The average Bonchev–Trinajstić information content (AvgIpc) is 2.95. The summed E-state index contributed by atoms with van der Waals surface area (Å²) in [6.45, 7) is 0.556. The van der Waals surface area contributed by atoms with Crippen LogP contribution in [-0.2, 0) is 23.0 Å². The molecule has 1 aromatic rings. The van der Waals surface area contributed by atoms with E-state index in [1.807, 2.05) is 19.3 Å². The lowest BCUT2D eigenvalue weighted by Gasteiger charge is -2.29. The molecule has 2 atom stereocenters. The van der Waals surface area contributed by atoms with Gasteiger partial charge in [0.15, 0.2) is 0 Å². The van der Waals surface area contributed by atoms with Gasteiger partial charge in [0.2, 0.25) is 0 Å². The molecular formula is C13H18N2O3. The average molecular weight is 250 g/mol. The predicted molar refractivity (Wildman–Crippen MR) is 64.1 cm³/mol. The fraction of sp³-hybridized carbons (Fsp3) is 0.692. The topological polar surface area (TPSA) is 64.4 Å². The Morgan fingerprint density at radius 3 is 3.00 bits per heavy atom. The lowest BCUT2D eigenvalue weighted by molar-refractivity contribution is -0.153. The molecule has 1 saturated heterocycles. The molecule has 0 amide bonds. The molecule has 1 aliphatic heterocycles. The summed E-state index contributed by atoms with van der Waals surface area (Å²) in [6.07, 6.45) is 5.00. The van der Waals surface area contributed by atoms with Crippen LogP contribution in [0.2, 0.25) is 0 Å². The Labute approximate surface area is 106 Å². The van der Waals surface area contributed by atoms with E-state index in [0.717, 1.165) is 18.5 Å². The Bertz CT molecular complexity index is 467. The minimum Gasteiger partial charge on any atom is -0.481 e. The third kappa shape index (κ3) is 1.82. The SMILES string of the molecule is Cn1ccc(CC2(C(=O)O)CCOC2C2CC2)n1. The first kappa shape index (κ1) is 11.7. The van der Waals surface area contributed by atoms with Crippen molar-refractivity contribution in [3.05, 3.63) is 18.0 Å². The van der Waals surface area contributed by atoms with Crippen LogP contribution in [0.3, 0.4) is 0 Å². The number of aromatic nitrogens is 2. The highest BCUT2D eigenvalue weighted by atomic mass is 16.5. The Hall–Kier alpha value is -1.36. The smallest absolute Gasteiger partial charge is 0.312 e. The highest BCUT2D eigenvalue weighted by Gasteiger charge is 2.56. The number of aryl methyl sites for hydroxylation is 1. The number of carboxylic acid groups (broad SMARTS) is 1. The second kappa shape index (κ2) is 4.09. The first-order valence-electron chi connectivity index (χ1n) is 6.45. The van der Waals surface area contributed by atoms with E-state index in [9.17, 15) is 9.90 Å². The highest BCUT2D eigenvalue weighted by Crippen LogP contribution is 2.49. The van der Waals surface area contributed by atoms with Crippen molar-refractivity contribution in [1.29, 1.82) is 0 Å². The van der Waals surface area contributed by atoms with Crippen LogP contribution in [0, 0.1) is 11.3 Å². The van der Waals surface area contributed by atoms with Gasteiger partial charge in [-0.25, -0.2) is 0 Å². The zero-order chi connectivity index (χ0) is 12.8. The highest BCUT2D eigenvalue weighted by molar-refractivity contribution is 5.76. The molecule has 2 heterocycles. The molecule has 1 saturated carbocycles. The minimum absolute atomic E-state index is 0.128. The quantitative estimate of drug-likeness (QED) is 0.873. The van der Waals surface area contributed by atoms with E-state index < -0.39 is 11.4 Å². The van der Waals surface area contributed by atoms with E-state index in [-0.39, 0.29) is 6.10 Å². The van der Waals surface area contributed by atoms with Gasteiger partial charge in [0, 0.05) is 26.3 Å². The van der Waals surface area contributed by atoms with Crippen molar-refractivity contribution in [3.63, 3.8) is 0 Å². The first-order valence-corrected chi connectivity index (χ1v) is 6.45. The summed E-state index contributed by atoms with van der Waals surface area (Å²) in [5.41, 5.74) is 0.0752. The van der Waals surface area contributed by atoms with Crippen LogP contribution in [0.5, 0.6) is 0 Å². The molecule has 5 nitrogen and oxygen atoms in total. The van der Waals surface area contributed by atoms with Gasteiger partial charge in [-0.2, -0.15) is 5.10 Å². The number of hydrogen-bond acceptors (Lipinski definition) is 3. The third-order valence-electron chi connectivity index (χ3n) is 4.13. The summed E-state index contributed by atoms with van der Waals surface area (Å²) in [4.78, 5) is 11.8. The maximum absolute atomic E-state index is 11.8. The van der Waals surface area contributed by atoms with Gasteiger partial charge in [-0.3, -0.25) is 9.48 Å². The number of nitrogens with zero attached hydrogens (tertiary/aromatic N) is 2. The molecule has 3 rings (SSSR count). The van der Waals surface area contributed by atoms with Crippen LogP contribution in [0.4, 0.5) is 0 Å². The van der Waals surface area contributed by atoms with Crippen LogP contribution >= 0.6 is 0 Å². The number of carboxylic acids is 1. The predicted octanol–water partition coefficient (Wildman–Crippen LogP) is 1.23.